The zero-order valence-electron chi connectivity index (χ0n) is 14.6. The van der Waals surface area contributed by atoms with Gasteiger partial charge in [-0.1, -0.05) is 11.6 Å². The third-order valence-electron chi connectivity index (χ3n) is 4.24. The normalized spacial score (nSPS) is 21.6. The smallest absolute Gasteiger partial charge is 0.410 e. The molecule has 3 rings (SSSR count). The fraction of sp³-hybridized carbons (Fsp3) is 0.588. The van der Waals surface area contributed by atoms with E-state index in [0.717, 1.165) is 5.39 Å². The number of ether oxygens (including phenoxy) is 1. The highest BCUT2D eigenvalue weighted by molar-refractivity contribution is 6.29. The van der Waals surface area contributed by atoms with Gasteiger partial charge in [0.25, 0.3) is 0 Å². The van der Waals surface area contributed by atoms with Crippen LogP contribution in [-0.2, 0) is 11.3 Å². The number of hydrogen-bond acceptors (Lipinski definition) is 4. The van der Waals surface area contributed by atoms with Crippen molar-refractivity contribution in [3.63, 3.8) is 0 Å². The Hall–Kier alpha value is -1.89. The first kappa shape index (κ1) is 17.9. The lowest BCUT2D eigenvalue weighted by molar-refractivity contribution is 0.00395. The molecule has 0 N–H and O–H groups in total. The predicted octanol–water partition coefficient (Wildman–Crippen LogP) is 3.68. The van der Waals surface area contributed by atoms with E-state index >= 15 is 0 Å². The van der Waals surface area contributed by atoms with Crippen molar-refractivity contribution >= 4 is 28.7 Å². The fourth-order valence-corrected chi connectivity index (χ4v) is 3.17. The number of carbonyl (C=O) groups excluding carboxylic acids is 1. The zero-order chi connectivity index (χ0) is 18.2. The van der Waals surface area contributed by atoms with E-state index in [1.807, 2.05) is 16.8 Å². The number of hydrogen-bond donors (Lipinski definition) is 0. The molecular weight excluding hydrogens is 347 g/mol. The van der Waals surface area contributed by atoms with Crippen LogP contribution < -0.4 is 0 Å². The molecule has 2 aromatic heterocycles. The minimum Gasteiger partial charge on any atom is -0.444 e. The first-order chi connectivity index (χ1) is 11.7. The Morgan fingerprint density at radius 1 is 1.44 bits per heavy atom. The van der Waals surface area contributed by atoms with Crippen molar-refractivity contribution in [2.24, 2.45) is 5.92 Å². The number of rotatable bonds is 2. The molecule has 3 heterocycles. The molecule has 0 unspecified atom stereocenters. The van der Waals surface area contributed by atoms with E-state index in [2.05, 4.69) is 10.2 Å². The van der Waals surface area contributed by atoms with Crippen LogP contribution in [0.1, 0.15) is 27.2 Å². The second-order valence-electron chi connectivity index (χ2n) is 7.41. The quantitative estimate of drug-likeness (QED) is 0.811. The van der Waals surface area contributed by atoms with Gasteiger partial charge in [-0.25, -0.2) is 9.18 Å². The van der Waals surface area contributed by atoms with E-state index in [-0.39, 0.29) is 12.5 Å². The molecule has 8 heteroatoms. The SMILES string of the molecule is CC(C)(C)OC(=O)N1CC[C@@H](Cn2ccc3cc(Cl)nnc32)[C@H](F)C1. The number of aromatic nitrogens is 3. The Balaban J connectivity index is 1.64. The van der Waals surface area contributed by atoms with Crippen molar-refractivity contribution in [2.45, 2.75) is 45.5 Å². The van der Waals surface area contributed by atoms with Crippen LogP contribution in [0.15, 0.2) is 18.3 Å². The number of amides is 1. The summed E-state index contributed by atoms with van der Waals surface area (Å²) in [5, 5.41) is 9.15. The third-order valence-corrected chi connectivity index (χ3v) is 4.42. The van der Waals surface area contributed by atoms with Crippen LogP contribution in [-0.4, -0.2) is 50.6 Å². The number of halogens is 2. The van der Waals surface area contributed by atoms with Crippen LogP contribution in [0.4, 0.5) is 9.18 Å². The maximum atomic E-state index is 14.6. The van der Waals surface area contributed by atoms with Crippen molar-refractivity contribution < 1.29 is 13.9 Å². The molecule has 1 aliphatic rings. The van der Waals surface area contributed by atoms with Gasteiger partial charge >= 0.3 is 6.09 Å². The summed E-state index contributed by atoms with van der Waals surface area (Å²) in [7, 11) is 0. The number of carbonyl (C=O) groups is 1. The van der Waals surface area contributed by atoms with Gasteiger partial charge in [0, 0.05) is 30.6 Å². The van der Waals surface area contributed by atoms with Gasteiger partial charge in [-0.2, -0.15) is 0 Å². The summed E-state index contributed by atoms with van der Waals surface area (Å²) in [4.78, 5) is 13.5. The average Bonchev–Trinajstić information content (AvgIpc) is 2.89. The number of fused-ring (bicyclic) bond motifs is 1. The highest BCUT2D eigenvalue weighted by atomic mass is 35.5. The fourth-order valence-electron chi connectivity index (χ4n) is 3.01. The minimum absolute atomic E-state index is 0.0519. The molecule has 1 aliphatic heterocycles. The van der Waals surface area contributed by atoms with E-state index in [4.69, 9.17) is 16.3 Å². The van der Waals surface area contributed by atoms with Crippen molar-refractivity contribution in [3.05, 3.63) is 23.5 Å². The molecule has 2 atom stereocenters. The van der Waals surface area contributed by atoms with Crippen molar-refractivity contribution in [2.75, 3.05) is 13.1 Å². The summed E-state index contributed by atoms with van der Waals surface area (Å²) >= 11 is 5.84. The highest BCUT2D eigenvalue weighted by Gasteiger charge is 2.33. The van der Waals surface area contributed by atoms with Crippen LogP contribution in [0.5, 0.6) is 0 Å². The molecule has 0 radical (unpaired) electrons. The summed E-state index contributed by atoms with van der Waals surface area (Å²) < 4.78 is 21.8. The Labute approximate surface area is 150 Å². The van der Waals surface area contributed by atoms with E-state index in [1.54, 1.807) is 26.8 Å². The Morgan fingerprint density at radius 2 is 2.20 bits per heavy atom. The Morgan fingerprint density at radius 3 is 2.88 bits per heavy atom. The third kappa shape index (κ3) is 4.21. The summed E-state index contributed by atoms with van der Waals surface area (Å²) in [6.45, 7) is 6.43. The minimum atomic E-state index is -1.11. The summed E-state index contributed by atoms with van der Waals surface area (Å²) in [6, 6.07) is 3.62. The molecule has 6 nitrogen and oxygen atoms in total. The van der Waals surface area contributed by atoms with Gasteiger partial charge in [0.05, 0.1) is 6.54 Å². The van der Waals surface area contributed by atoms with Crippen molar-refractivity contribution in [1.82, 2.24) is 19.7 Å². The first-order valence-electron chi connectivity index (χ1n) is 8.33. The maximum absolute atomic E-state index is 14.6. The maximum Gasteiger partial charge on any atom is 0.410 e. The molecule has 25 heavy (non-hydrogen) atoms. The van der Waals surface area contributed by atoms with Gasteiger partial charge in [-0.05, 0) is 39.3 Å². The molecule has 136 valence electrons. The van der Waals surface area contributed by atoms with E-state index < -0.39 is 17.9 Å². The van der Waals surface area contributed by atoms with Gasteiger partial charge in [0.15, 0.2) is 10.8 Å². The molecule has 0 aliphatic carbocycles. The van der Waals surface area contributed by atoms with Gasteiger partial charge in [-0.15, -0.1) is 10.2 Å². The highest BCUT2D eigenvalue weighted by Crippen LogP contribution is 2.26. The monoisotopic (exact) mass is 368 g/mol. The van der Waals surface area contributed by atoms with Crippen LogP contribution in [0.25, 0.3) is 11.0 Å². The Kier molecular flexibility index (Phi) is 4.86. The summed E-state index contributed by atoms with van der Waals surface area (Å²) in [5.41, 5.74) is 0.107. The van der Waals surface area contributed by atoms with Gasteiger partial charge in [0.2, 0.25) is 0 Å². The van der Waals surface area contributed by atoms with Crippen LogP contribution >= 0.6 is 11.6 Å². The van der Waals surface area contributed by atoms with Gasteiger partial charge in [-0.3, -0.25) is 0 Å². The first-order valence-corrected chi connectivity index (χ1v) is 8.71. The standard InChI is InChI=1S/C17H22ClFN4O2/c1-17(2,3)25-16(24)23-7-5-12(13(19)10-23)9-22-6-4-11-8-14(18)20-21-15(11)22/h4,6,8,12-13H,5,7,9-10H2,1-3H3/t12-,13+/m0/s1. The van der Waals surface area contributed by atoms with Crippen molar-refractivity contribution in [3.8, 4) is 0 Å². The van der Waals surface area contributed by atoms with Gasteiger partial charge < -0.3 is 14.2 Å². The molecule has 1 saturated heterocycles. The summed E-state index contributed by atoms with van der Waals surface area (Å²) in [5.74, 6) is -0.188. The number of piperidine rings is 1. The largest absolute Gasteiger partial charge is 0.444 e. The molecule has 1 fully saturated rings. The number of likely N-dealkylation sites (tertiary alicyclic amines) is 1. The second-order valence-corrected chi connectivity index (χ2v) is 7.79. The molecule has 0 spiro atoms. The molecule has 2 aromatic rings. The van der Waals surface area contributed by atoms with Gasteiger partial charge in [0.1, 0.15) is 11.8 Å². The molecule has 0 bridgehead atoms. The number of alkyl halides is 1. The molecule has 0 aromatic carbocycles. The zero-order valence-corrected chi connectivity index (χ0v) is 15.3. The average molecular weight is 369 g/mol. The lowest BCUT2D eigenvalue weighted by Crippen LogP contribution is -2.47. The Bertz CT molecular complexity index is 774. The topological polar surface area (TPSA) is 60.2 Å². The molecule has 0 saturated carbocycles. The lowest BCUT2D eigenvalue weighted by atomic mass is 9.95. The summed E-state index contributed by atoms with van der Waals surface area (Å²) in [6.07, 6.45) is 0.864. The van der Waals surface area contributed by atoms with E-state index in [0.29, 0.717) is 30.3 Å². The van der Waals surface area contributed by atoms with Crippen LogP contribution in [0, 0.1) is 5.92 Å². The van der Waals surface area contributed by atoms with Crippen molar-refractivity contribution in [1.29, 1.82) is 0 Å². The lowest BCUT2D eigenvalue weighted by Gasteiger charge is -2.35. The second kappa shape index (κ2) is 6.78. The van der Waals surface area contributed by atoms with E-state index in [9.17, 15) is 9.18 Å². The van der Waals surface area contributed by atoms with E-state index in [1.165, 1.54) is 4.90 Å². The van der Waals surface area contributed by atoms with Crippen LogP contribution in [0.3, 0.4) is 0 Å². The molecule has 1 amide bonds. The van der Waals surface area contributed by atoms with Crippen LogP contribution in [0.2, 0.25) is 5.15 Å². The molecular formula is C17H22ClFN4O2. The number of nitrogens with zero attached hydrogens (tertiary/aromatic N) is 4. The predicted molar refractivity (Wildman–Crippen MR) is 93.3 cm³/mol.